The molecule has 1 saturated heterocycles. The molecule has 1 aliphatic rings. The Morgan fingerprint density at radius 3 is 2.66 bits per heavy atom. The summed E-state index contributed by atoms with van der Waals surface area (Å²) in [6.07, 6.45) is 2.54. The first-order chi connectivity index (χ1) is 13.7. The summed E-state index contributed by atoms with van der Waals surface area (Å²) < 4.78 is 10.4. The van der Waals surface area contributed by atoms with Crippen molar-refractivity contribution in [1.29, 1.82) is 0 Å². The predicted octanol–water partition coefficient (Wildman–Crippen LogP) is 2.54. The van der Waals surface area contributed by atoms with Crippen LogP contribution in [-0.2, 0) is 27.4 Å². The number of methoxy groups -OCH3 is 1. The van der Waals surface area contributed by atoms with E-state index in [1.54, 1.807) is 7.11 Å². The molecule has 2 N–H and O–H groups in total. The smallest absolute Gasteiger partial charge is 0.222 e. The molecule has 8 heteroatoms. The molecule has 1 amide bonds. The van der Waals surface area contributed by atoms with Crippen molar-refractivity contribution in [2.45, 2.75) is 39.3 Å². The molecular weight excluding hydrogens is 483 g/mol. The summed E-state index contributed by atoms with van der Waals surface area (Å²) in [5.74, 6) is 1.05. The van der Waals surface area contributed by atoms with Crippen LogP contribution in [0.25, 0.3) is 0 Å². The second-order valence-electron chi connectivity index (χ2n) is 6.77. The lowest BCUT2D eigenvalue weighted by Gasteiger charge is -2.18. The third-order valence-corrected chi connectivity index (χ3v) is 4.59. The monoisotopic (exact) mass is 518 g/mol. The van der Waals surface area contributed by atoms with Crippen molar-refractivity contribution in [3.05, 3.63) is 35.4 Å². The first-order valence-corrected chi connectivity index (χ1v) is 10.2. The Balaban J connectivity index is 0.00000420. The van der Waals surface area contributed by atoms with Crippen LogP contribution in [0.2, 0.25) is 0 Å². The Morgan fingerprint density at radius 2 is 1.97 bits per heavy atom. The standard InChI is InChI=1S/C21H34N4O3.HI/c1-3-22-21(23-11-7-13-28-15-14-27-2)24-16-18-8-4-5-9-19(18)17-25-12-6-10-20(25)26;/h4-5,8-9H,3,6-7,10-17H2,1-2H3,(H2,22,23,24);1H. The Bertz CT molecular complexity index is 628. The Labute approximate surface area is 191 Å². The van der Waals surface area contributed by atoms with E-state index in [0.717, 1.165) is 44.0 Å². The molecule has 1 aromatic rings. The number of aliphatic imine (C=N–C) groups is 1. The van der Waals surface area contributed by atoms with Crippen molar-refractivity contribution in [2.75, 3.05) is 46.6 Å². The molecule has 1 fully saturated rings. The van der Waals surface area contributed by atoms with Crippen LogP contribution in [0.4, 0.5) is 0 Å². The second-order valence-corrected chi connectivity index (χ2v) is 6.77. The first kappa shape index (κ1) is 25.6. The van der Waals surface area contributed by atoms with Crippen LogP contribution < -0.4 is 10.6 Å². The zero-order valence-corrected chi connectivity index (χ0v) is 19.9. The number of carbonyl (C=O) groups excluding carboxylic acids is 1. The molecule has 0 unspecified atom stereocenters. The van der Waals surface area contributed by atoms with Crippen LogP contribution in [0, 0.1) is 0 Å². The van der Waals surface area contributed by atoms with Crippen molar-refractivity contribution in [2.24, 2.45) is 4.99 Å². The lowest BCUT2D eigenvalue weighted by molar-refractivity contribution is -0.128. The summed E-state index contributed by atoms with van der Waals surface area (Å²) in [5.41, 5.74) is 2.33. The molecule has 0 atom stereocenters. The molecule has 0 aliphatic carbocycles. The van der Waals surface area contributed by atoms with Gasteiger partial charge in [0.25, 0.3) is 0 Å². The lowest BCUT2D eigenvalue weighted by atomic mass is 10.1. The van der Waals surface area contributed by atoms with Crippen LogP contribution in [0.3, 0.4) is 0 Å². The van der Waals surface area contributed by atoms with Crippen molar-refractivity contribution in [3.8, 4) is 0 Å². The maximum absolute atomic E-state index is 11.9. The molecule has 29 heavy (non-hydrogen) atoms. The summed E-state index contributed by atoms with van der Waals surface area (Å²) in [4.78, 5) is 18.6. The van der Waals surface area contributed by atoms with E-state index in [1.807, 2.05) is 17.0 Å². The second kappa shape index (κ2) is 15.4. The number of likely N-dealkylation sites (tertiary alicyclic amines) is 1. The highest BCUT2D eigenvalue weighted by molar-refractivity contribution is 14.0. The van der Waals surface area contributed by atoms with Crippen LogP contribution in [-0.4, -0.2) is 63.3 Å². The fourth-order valence-electron chi connectivity index (χ4n) is 3.07. The van der Waals surface area contributed by atoms with E-state index in [4.69, 9.17) is 14.5 Å². The van der Waals surface area contributed by atoms with E-state index in [9.17, 15) is 4.79 Å². The maximum Gasteiger partial charge on any atom is 0.222 e. The van der Waals surface area contributed by atoms with Gasteiger partial charge >= 0.3 is 0 Å². The average molecular weight is 518 g/mol. The number of amides is 1. The number of halogens is 1. The van der Waals surface area contributed by atoms with Gasteiger partial charge < -0.3 is 25.0 Å². The maximum atomic E-state index is 11.9. The molecule has 0 radical (unpaired) electrons. The van der Waals surface area contributed by atoms with Gasteiger partial charge in [0, 0.05) is 46.3 Å². The first-order valence-electron chi connectivity index (χ1n) is 10.2. The molecule has 0 bridgehead atoms. The van der Waals surface area contributed by atoms with Gasteiger partial charge in [0.05, 0.1) is 19.8 Å². The van der Waals surface area contributed by atoms with Crippen LogP contribution in [0.5, 0.6) is 0 Å². The zero-order chi connectivity index (χ0) is 20.0. The highest BCUT2D eigenvalue weighted by atomic mass is 127. The number of hydrogen-bond donors (Lipinski definition) is 2. The van der Waals surface area contributed by atoms with E-state index in [-0.39, 0.29) is 29.9 Å². The van der Waals surface area contributed by atoms with Crippen molar-refractivity contribution in [3.63, 3.8) is 0 Å². The molecule has 1 heterocycles. The van der Waals surface area contributed by atoms with Gasteiger partial charge in [-0.25, -0.2) is 4.99 Å². The van der Waals surface area contributed by atoms with Crippen LogP contribution in [0.15, 0.2) is 29.3 Å². The van der Waals surface area contributed by atoms with Gasteiger partial charge in [-0.15, -0.1) is 24.0 Å². The molecule has 0 saturated carbocycles. The number of carbonyl (C=O) groups is 1. The summed E-state index contributed by atoms with van der Waals surface area (Å²) in [5, 5.41) is 6.62. The number of nitrogens with one attached hydrogen (secondary N) is 2. The third-order valence-electron chi connectivity index (χ3n) is 4.59. The quantitative estimate of drug-likeness (QED) is 0.193. The summed E-state index contributed by atoms with van der Waals surface area (Å²) in [6, 6.07) is 8.23. The van der Waals surface area contributed by atoms with Gasteiger partial charge in [0.15, 0.2) is 5.96 Å². The largest absolute Gasteiger partial charge is 0.382 e. The molecule has 7 nitrogen and oxygen atoms in total. The Kier molecular flexibility index (Phi) is 13.7. The van der Waals surface area contributed by atoms with Gasteiger partial charge in [0.1, 0.15) is 0 Å². The average Bonchev–Trinajstić information content (AvgIpc) is 3.11. The van der Waals surface area contributed by atoms with Gasteiger partial charge in [0.2, 0.25) is 5.91 Å². The highest BCUT2D eigenvalue weighted by Gasteiger charge is 2.20. The Morgan fingerprint density at radius 1 is 1.17 bits per heavy atom. The van der Waals surface area contributed by atoms with E-state index in [2.05, 4.69) is 29.7 Å². The minimum Gasteiger partial charge on any atom is -0.382 e. The summed E-state index contributed by atoms with van der Waals surface area (Å²) in [6.45, 7) is 7.71. The molecule has 2 rings (SSSR count). The zero-order valence-electron chi connectivity index (χ0n) is 17.6. The molecule has 0 aromatic heterocycles. The van der Waals surface area contributed by atoms with Gasteiger partial charge in [-0.1, -0.05) is 24.3 Å². The van der Waals surface area contributed by atoms with Crippen molar-refractivity contribution >= 4 is 35.8 Å². The lowest BCUT2D eigenvalue weighted by Crippen LogP contribution is -2.38. The minimum absolute atomic E-state index is 0. The normalized spacial score (nSPS) is 14.1. The van der Waals surface area contributed by atoms with Gasteiger partial charge in [-0.05, 0) is 30.9 Å². The molecule has 1 aliphatic heterocycles. The highest BCUT2D eigenvalue weighted by Crippen LogP contribution is 2.17. The molecule has 0 spiro atoms. The van der Waals surface area contributed by atoms with Crippen molar-refractivity contribution < 1.29 is 14.3 Å². The van der Waals surface area contributed by atoms with Crippen LogP contribution >= 0.6 is 24.0 Å². The SMILES string of the molecule is CCNC(=NCc1ccccc1CN1CCCC1=O)NCCCOCCOC.I. The number of ether oxygens (including phenoxy) is 2. The van der Waals surface area contributed by atoms with Crippen LogP contribution in [0.1, 0.15) is 37.3 Å². The van der Waals surface area contributed by atoms with Gasteiger partial charge in [-0.2, -0.15) is 0 Å². The number of nitrogens with zero attached hydrogens (tertiary/aromatic N) is 2. The molecule has 164 valence electrons. The van der Waals surface area contributed by atoms with E-state index < -0.39 is 0 Å². The van der Waals surface area contributed by atoms with E-state index in [0.29, 0.717) is 39.3 Å². The summed E-state index contributed by atoms with van der Waals surface area (Å²) >= 11 is 0. The van der Waals surface area contributed by atoms with Crippen molar-refractivity contribution in [1.82, 2.24) is 15.5 Å². The van der Waals surface area contributed by atoms with Gasteiger partial charge in [-0.3, -0.25) is 4.79 Å². The Hall–Kier alpha value is -1.39. The molecular formula is C21H35IN4O3. The predicted molar refractivity (Wildman–Crippen MR) is 127 cm³/mol. The third kappa shape index (κ3) is 9.77. The molecule has 1 aromatic carbocycles. The number of hydrogen-bond acceptors (Lipinski definition) is 4. The fourth-order valence-corrected chi connectivity index (χ4v) is 3.07. The number of rotatable bonds is 12. The number of guanidine groups is 1. The van der Waals surface area contributed by atoms with E-state index >= 15 is 0 Å². The topological polar surface area (TPSA) is 75.2 Å². The number of benzene rings is 1. The minimum atomic E-state index is 0. The fraction of sp³-hybridized carbons (Fsp3) is 0.619. The summed E-state index contributed by atoms with van der Waals surface area (Å²) in [7, 11) is 1.67. The van der Waals surface area contributed by atoms with E-state index in [1.165, 1.54) is 5.56 Å².